The van der Waals surface area contributed by atoms with Crippen LogP contribution >= 0.6 is 0 Å². The number of nitrogens with two attached hydrogens (primary N) is 1. The minimum absolute atomic E-state index is 0.0518. The summed E-state index contributed by atoms with van der Waals surface area (Å²) in [6, 6.07) is 0.324. The van der Waals surface area contributed by atoms with Crippen LogP contribution in [0.15, 0.2) is 0 Å². The number of amides is 1. The first-order valence-corrected chi connectivity index (χ1v) is 6.42. The van der Waals surface area contributed by atoms with E-state index in [9.17, 15) is 4.79 Å². The lowest BCUT2D eigenvalue weighted by atomic mass is 10.1. The van der Waals surface area contributed by atoms with Crippen LogP contribution in [0.3, 0.4) is 0 Å². The lowest BCUT2D eigenvalue weighted by Gasteiger charge is -2.28. The largest absolute Gasteiger partial charge is 0.300 e. The maximum Gasteiger partial charge on any atom is 0.235 e. The normalized spacial score (nSPS) is 22.2. The number of carbonyl (C=O) groups excluding carboxylic acids is 1. The number of hydrazine groups is 1. The summed E-state index contributed by atoms with van der Waals surface area (Å²) in [5, 5.41) is 0. The van der Waals surface area contributed by atoms with Crippen LogP contribution < -0.4 is 11.3 Å². The van der Waals surface area contributed by atoms with E-state index in [1.807, 2.05) is 0 Å². The van der Waals surface area contributed by atoms with Crippen molar-refractivity contribution in [2.45, 2.75) is 45.1 Å². The van der Waals surface area contributed by atoms with Crippen molar-refractivity contribution in [3.8, 4) is 0 Å². The minimum atomic E-state index is -0.0518. The molecule has 0 aliphatic heterocycles. The summed E-state index contributed by atoms with van der Waals surface area (Å²) in [5.74, 6) is 6.86. The number of hydrogen-bond acceptors (Lipinski definition) is 3. The zero-order valence-corrected chi connectivity index (χ0v) is 10.1. The third kappa shape index (κ3) is 3.76. The molecule has 92 valence electrons. The van der Waals surface area contributed by atoms with Gasteiger partial charge in [0.15, 0.2) is 0 Å². The fourth-order valence-corrected chi connectivity index (χ4v) is 2.15. The molecule has 0 bridgehead atoms. The predicted octanol–water partition coefficient (Wildman–Crippen LogP) is 0.877. The molecule has 16 heavy (non-hydrogen) atoms. The molecule has 4 heteroatoms. The van der Waals surface area contributed by atoms with Crippen molar-refractivity contribution in [2.75, 3.05) is 13.1 Å². The van der Waals surface area contributed by atoms with E-state index >= 15 is 0 Å². The van der Waals surface area contributed by atoms with Gasteiger partial charge in [0, 0.05) is 25.6 Å². The predicted molar refractivity (Wildman–Crippen MR) is 63.4 cm³/mol. The molecule has 2 aliphatic rings. The van der Waals surface area contributed by atoms with Crippen LogP contribution in [0.1, 0.15) is 39.0 Å². The summed E-state index contributed by atoms with van der Waals surface area (Å²) in [6.07, 6.45) is 6.01. The van der Waals surface area contributed by atoms with Crippen LogP contribution in [0.5, 0.6) is 0 Å². The van der Waals surface area contributed by atoms with Gasteiger partial charge in [0.2, 0.25) is 5.91 Å². The standard InChI is InChI=1S/C12H23N3O/c1-9(6-12(16)14-13)15(7-10-2-3-10)8-11-4-5-11/h9-11H,2-8,13H2,1H3,(H,14,16). The topological polar surface area (TPSA) is 58.4 Å². The Morgan fingerprint density at radius 3 is 2.19 bits per heavy atom. The fraction of sp³-hybridized carbons (Fsp3) is 0.917. The van der Waals surface area contributed by atoms with Gasteiger partial charge < -0.3 is 0 Å². The zero-order valence-electron chi connectivity index (χ0n) is 10.1. The monoisotopic (exact) mass is 225 g/mol. The summed E-state index contributed by atoms with van der Waals surface area (Å²) in [7, 11) is 0. The Hall–Kier alpha value is -0.610. The van der Waals surface area contributed by atoms with Gasteiger partial charge in [-0.1, -0.05) is 0 Å². The van der Waals surface area contributed by atoms with Crippen molar-refractivity contribution in [1.29, 1.82) is 0 Å². The van der Waals surface area contributed by atoms with Crippen LogP contribution in [0.25, 0.3) is 0 Å². The van der Waals surface area contributed by atoms with E-state index in [1.165, 1.54) is 38.8 Å². The Morgan fingerprint density at radius 2 is 1.81 bits per heavy atom. The molecule has 1 unspecified atom stereocenters. The van der Waals surface area contributed by atoms with E-state index in [0.29, 0.717) is 12.5 Å². The Bertz CT molecular complexity index is 235. The zero-order chi connectivity index (χ0) is 11.5. The molecule has 0 spiro atoms. The first-order chi connectivity index (χ1) is 7.69. The van der Waals surface area contributed by atoms with E-state index in [1.54, 1.807) is 0 Å². The number of carbonyl (C=O) groups is 1. The van der Waals surface area contributed by atoms with Gasteiger partial charge in [-0.05, 0) is 44.4 Å². The van der Waals surface area contributed by atoms with E-state index in [0.717, 1.165) is 11.8 Å². The summed E-state index contributed by atoms with van der Waals surface area (Å²) in [5.41, 5.74) is 2.22. The molecule has 0 heterocycles. The Balaban J connectivity index is 1.79. The quantitative estimate of drug-likeness (QED) is 0.384. The molecule has 3 N–H and O–H groups in total. The minimum Gasteiger partial charge on any atom is -0.300 e. The molecule has 2 saturated carbocycles. The molecule has 2 rings (SSSR count). The van der Waals surface area contributed by atoms with Crippen molar-refractivity contribution < 1.29 is 4.79 Å². The first kappa shape index (κ1) is 11.9. The van der Waals surface area contributed by atoms with Crippen molar-refractivity contribution in [1.82, 2.24) is 10.3 Å². The molecule has 4 nitrogen and oxygen atoms in total. The van der Waals surface area contributed by atoms with Crippen molar-refractivity contribution in [3.63, 3.8) is 0 Å². The lowest BCUT2D eigenvalue weighted by Crippen LogP contribution is -2.41. The third-order valence-corrected chi connectivity index (χ3v) is 3.64. The smallest absolute Gasteiger partial charge is 0.235 e. The van der Waals surface area contributed by atoms with Gasteiger partial charge in [-0.15, -0.1) is 0 Å². The maximum absolute atomic E-state index is 11.3. The van der Waals surface area contributed by atoms with Crippen LogP contribution in [0.2, 0.25) is 0 Å². The van der Waals surface area contributed by atoms with E-state index in [-0.39, 0.29) is 5.91 Å². The molecule has 0 aromatic carbocycles. The second kappa shape index (κ2) is 5.15. The van der Waals surface area contributed by atoms with E-state index in [4.69, 9.17) is 5.84 Å². The molecule has 0 aromatic heterocycles. The van der Waals surface area contributed by atoms with Gasteiger partial charge in [-0.25, -0.2) is 5.84 Å². The van der Waals surface area contributed by atoms with Crippen LogP contribution in [-0.4, -0.2) is 29.9 Å². The maximum atomic E-state index is 11.3. The van der Waals surface area contributed by atoms with Crippen molar-refractivity contribution in [3.05, 3.63) is 0 Å². The average Bonchev–Trinajstić information content (AvgIpc) is 3.10. The van der Waals surface area contributed by atoms with E-state index < -0.39 is 0 Å². The number of nitrogens with one attached hydrogen (secondary N) is 1. The Labute approximate surface area is 97.5 Å². The highest BCUT2D eigenvalue weighted by Gasteiger charge is 2.31. The highest BCUT2D eigenvalue weighted by atomic mass is 16.2. The van der Waals surface area contributed by atoms with Gasteiger partial charge in [0.05, 0.1) is 0 Å². The molecule has 0 radical (unpaired) electrons. The summed E-state index contributed by atoms with van der Waals surface area (Å²) >= 11 is 0. The van der Waals surface area contributed by atoms with Crippen LogP contribution in [0.4, 0.5) is 0 Å². The molecule has 1 amide bonds. The van der Waals surface area contributed by atoms with Crippen molar-refractivity contribution in [2.24, 2.45) is 17.7 Å². The second-order valence-electron chi connectivity index (χ2n) is 5.46. The van der Waals surface area contributed by atoms with Crippen molar-refractivity contribution >= 4 is 5.91 Å². The molecule has 1 atom stereocenters. The van der Waals surface area contributed by atoms with Gasteiger partial charge in [-0.2, -0.15) is 0 Å². The average molecular weight is 225 g/mol. The molecule has 2 aliphatic carbocycles. The van der Waals surface area contributed by atoms with Crippen LogP contribution in [-0.2, 0) is 4.79 Å². The van der Waals surface area contributed by atoms with Gasteiger partial charge >= 0.3 is 0 Å². The number of nitrogens with zero attached hydrogens (tertiary/aromatic N) is 1. The number of rotatable bonds is 7. The Morgan fingerprint density at radius 1 is 1.31 bits per heavy atom. The highest BCUT2D eigenvalue weighted by molar-refractivity contribution is 5.75. The molecule has 0 aromatic rings. The molecule has 0 saturated heterocycles. The third-order valence-electron chi connectivity index (χ3n) is 3.64. The Kier molecular flexibility index (Phi) is 3.82. The van der Waals surface area contributed by atoms with Gasteiger partial charge in [0.1, 0.15) is 0 Å². The first-order valence-electron chi connectivity index (χ1n) is 6.42. The van der Waals surface area contributed by atoms with Gasteiger partial charge in [0.25, 0.3) is 0 Å². The van der Waals surface area contributed by atoms with E-state index in [2.05, 4.69) is 17.2 Å². The second-order valence-corrected chi connectivity index (χ2v) is 5.46. The molecular weight excluding hydrogens is 202 g/mol. The summed E-state index contributed by atoms with van der Waals surface area (Å²) in [6.45, 7) is 4.49. The molecule has 2 fully saturated rings. The number of hydrogen-bond donors (Lipinski definition) is 2. The molecular formula is C12H23N3O. The lowest BCUT2D eigenvalue weighted by molar-refractivity contribution is -0.122. The SMILES string of the molecule is CC(CC(=O)NN)N(CC1CC1)CC1CC1. The van der Waals surface area contributed by atoms with Crippen LogP contribution in [0, 0.1) is 11.8 Å². The summed E-state index contributed by atoms with van der Waals surface area (Å²) in [4.78, 5) is 13.8. The fourth-order valence-electron chi connectivity index (χ4n) is 2.15. The highest BCUT2D eigenvalue weighted by Crippen LogP contribution is 2.34. The summed E-state index contributed by atoms with van der Waals surface area (Å²) < 4.78 is 0. The van der Waals surface area contributed by atoms with Gasteiger partial charge in [-0.3, -0.25) is 15.1 Å².